The monoisotopic (exact) mass is 495 g/mol. The fourth-order valence-electron chi connectivity index (χ4n) is 4.08. The SMILES string of the molecule is CCNC(=NCCCN1CC(C)OC(C)C1)N1CCCC(CC(N)=O)C1.I. The molecule has 3 unspecified atom stereocenters. The molecule has 2 aliphatic rings. The number of aliphatic imine (C=N–C) groups is 1. The molecule has 0 spiro atoms. The first kappa shape index (κ1) is 24.4. The molecule has 0 bridgehead atoms. The van der Waals surface area contributed by atoms with Gasteiger partial charge in [-0.1, -0.05) is 0 Å². The molecule has 3 N–H and O–H groups in total. The molecule has 2 heterocycles. The van der Waals surface area contributed by atoms with E-state index < -0.39 is 0 Å². The van der Waals surface area contributed by atoms with Crippen molar-refractivity contribution in [3.63, 3.8) is 0 Å². The van der Waals surface area contributed by atoms with Crippen molar-refractivity contribution in [2.45, 2.75) is 58.7 Å². The molecule has 0 aliphatic carbocycles. The maximum Gasteiger partial charge on any atom is 0.217 e. The summed E-state index contributed by atoms with van der Waals surface area (Å²) in [7, 11) is 0. The molecule has 8 heteroatoms. The van der Waals surface area contributed by atoms with Gasteiger partial charge >= 0.3 is 0 Å². The molecule has 2 fully saturated rings. The van der Waals surface area contributed by atoms with Crippen molar-refractivity contribution < 1.29 is 9.53 Å². The molecular weight excluding hydrogens is 457 g/mol. The second-order valence-electron chi connectivity index (χ2n) is 7.73. The van der Waals surface area contributed by atoms with Crippen molar-refractivity contribution in [2.24, 2.45) is 16.6 Å². The van der Waals surface area contributed by atoms with Gasteiger partial charge < -0.3 is 20.7 Å². The number of likely N-dealkylation sites (tertiary alicyclic amines) is 1. The number of hydrogen-bond acceptors (Lipinski definition) is 4. The first-order valence-electron chi connectivity index (χ1n) is 10.2. The number of amides is 1. The standard InChI is InChI=1S/C19H37N5O2.HI/c1-4-21-19(24-10-5-7-17(14-24)11-18(20)25)22-8-6-9-23-12-15(2)26-16(3)13-23;/h15-17H,4-14H2,1-3H3,(H2,20,25)(H,21,22);1H. The number of primary amides is 1. The third kappa shape index (κ3) is 8.95. The maximum absolute atomic E-state index is 11.2. The fourth-order valence-corrected chi connectivity index (χ4v) is 4.08. The lowest BCUT2D eigenvalue weighted by Gasteiger charge is -2.35. The van der Waals surface area contributed by atoms with Crippen LogP contribution in [-0.2, 0) is 9.53 Å². The van der Waals surface area contributed by atoms with Gasteiger partial charge in [-0.15, -0.1) is 24.0 Å². The maximum atomic E-state index is 11.2. The highest BCUT2D eigenvalue weighted by Gasteiger charge is 2.24. The summed E-state index contributed by atoms with van der Waals surface area (Å²) in [6.07, 6.45) is 4.32. The van der Waals surface area contributed by atoms with E-state index in [1.54, 1.807) is 0 Å². The number of ether oxygens (including phenoxy) is 1. The molecule has 2 aliphatic heterocycles. The van der Waals surface area contributed by atoms with Gasteiger partial charge in [-0.25, -0.2) is 0 Å². The Morgan fingerprint density at radius 2 is 1.96 bits per heavy atom. The van der Waals surface area contributed by atoms with Gasteiger partial charge in [-0.2, -0.15) is 0 Å². The zero-order valence-corrected chi connectivity index (χ0v) is 19.5. The smallest absolute Gasteiger partial charge is 0.217 e. The van der Waals surface area contributed by atoms with Crippen molar-refractivity contribution >= 4 is 35.8 Å². The third-order valence-corrected chi connectivity index (χ3v) is 5.03. The van der Waals surface area contributed by atoms with E-state index in [4.69, 9.17) is 15.5 Å². The van der Waals surface area contributed by atoms with Crippen molar-refractivity contribution in [2.75, 3.05) is 45.8 Å². The Hall–Kier alpha value is -0.610. The van der Waals surface area contributed by atoms with Crippen LogP contribution < -0.4 is 11.1 Å². The van der Waals surface area contributed by atoms with Crippen LogP contribution in [0.3, 0.4) is 0 Å². The molecule has 2 saturated heterocycles. The number of guanidine groups is 1. The Balaban J connectivity index is 0.00000364. The Morgan fingerprint density at radius 1 is 1.26 bits per heavy atom. The molecule has 0 aromatic heterocycles. The topological polar surface area (TPSA) is 83.2 Å². The molecule has 2 rings (SSSR count). The quantitative estimate of drug-likeness (QED) is 0.243. The zero-order chi connectivity index (χ0) is 18.9. The minimum Gasteiger partial charge on any atom is -0.373 e. The Morgan fingerprint density at radius 3 is 2.59 bits per heavy atom. The molecule has 0 aromatic carbocycles. The second kappa shape index (κ2) is 12.8. The fraction of sp³-hybridized carbons (Fsp3) is 0.895. The normalized spacial score (nSPS) is 27.1. The third-order valence-electron chi connectivity index (χ3n) is 5.03. The zero-order valence-electron chi connectivity index (χ0n) is 17.2. The highest BCUT2D eigenvalue weighted by atomic mass is 127. The number of nitrogens with two attached hydrogens (primary N) is 1. The van der Waals surface area contributed by atoms with E-state index in [0.717, 1.165) is 71.0 Å². The van der Waals surface area contributed by atoms with Crippen LogP contribution in [0.5, 0.6) is 0 Å². The van der Waals surface area contributed by atoms with E-state index in [-0.39, 0.29) is 29.9 Å². The number of halogens is 1. The van der Waals surface area contributed by atoms with Gasteiger partial charge in [-0.05, 0) is 46.0 Å². The minimum atomic E-state index is -0.201. The number of nitrogens with one attached hydrogen (secondary N) is 1. The van der Waals surface area contributed by atoms with Crippen LogP contribution in [0.4, 0.5) is 0 Å². The Bertz CT molecular complexity index is 467. The number of nitrogens with zero attached hydrogens (tertiary/aromatic N) is 3. The summed E-state index contributed by atoms with van der Waals surface area (Å²) in [5.74, 6) is 1.12. The number of morpholine rings is 1. The van der Waals surface area contributed by atoms with Crippen molar-refractivity contribution in [3.8, 4) is 0 Å². The lowest BCUT2D eigenvalue weighted by molar-refractivity contribution is -0.119. The van der Waals surface area contributed by atoms with Crippen molar-refractivity contribution in [1.82, 2.24) is 15.1 Å². The van der Waals surface area contributed by atoms with Gasteiger partial charge in [0.2, 0.25) is 5.91 Å². The summed E-state index contributed by atoms with van der Waals surface area (Å²) in [6.45, 7) is 13.0. The van der Waals surface area contributed by atoms with E-state index in [9.17, 15) is 4.79 Å². The number of rotatable bonds is 7. The summed E-state index contributed by atoms with van der Waals surface area (Å²) in [4.78, 5) is 20.8. The van der Waals surface area contributed by atoms with Crippen LogP contribution in [0.2, 0.25) is 0 Å². The molecule has 0 aromatic rings. The Kier molecular flexibility index (Phi) is 11.6. The summed E-state index contributed by atoms with van der Waals surface area (Å²) >= 11 is 0. The molecule has 0 saturated carbocycles. The van der Waals surface area contributed by atoms with Crippen LogP contribution in [-0.4, -0.2) is 79.7 Å². The van der Waals surface area contributed by atoms with Gasteiger partial charge in [-0.3, -0.25) is 14.7 Å². The van der Waals surface area contributed by atoms with E-state index >= 15 is 0 Å². The molecule has 3 atom stereocenters. The molecule has 0 radical (unpaired) electrons. The van der Waals surface area contributed by atoms with Crippen LogP contribution in [0, 0.1) is 5.92 Å². The molecule has 158 valence electrons. The first-order valence-corrected chi connectivity index (χ1v) is 10.2. The highest BCUT2D eigenvalue weighted by Crippen LogP contribution is 2.19. The van der Waals surface area contributed by atoms with E-state index in [1.807, 2.05) is 0 Å². The van der Waals surface area contributed by atoms with Gasteiger partial charge in [0.15, 0.2) is 5.96 Å². The predicted octanol–water partition coefficient (Wildman–Crippen LogP) is 1.66. The van der Waals surface area contributed by atoms with Gasteiger partial charge in [0, 0.05) is 52.2 Å². The summed E-state index contributed by atoms with van der Waals surface area (Å²) in [6, 6.07) is 0. The van der Waals surface area contributed by atoms with Crippen molar-refractivity contribution in [1.29, 1.82) is 0 Å². The van der Waals surface area contributed by atoms with E-state index in [0.29, 0.717) is 24.5 Å². The average Bonchev–Trinajstić information content (AvgIpc) is 2.56. The van der Waals surface area contributed by atoms with Gasteiger partial charge in [0.1, 0.15) is 0 Å². The summed E-state index contributed by atoms with van der Waals surface area (Å²) in [5.41, 5.74) is 5.38. The molecule has 7 nitrogen and oxygen atoms in total. The first-order chi connectivity index (χ1) is 12.5. The predicted molar refractivity (Wildman–Crippen MR) is 121 cm³/mol. The van der Waals surface area contributed by atoms with Crippen LogP contribution >= 0.6 is 24.0 Å². The van der Waals surface area contributed by atoms with Gasteiger partial charge in [0.25, 0.3) is 0 Å². The van der Waals surface area contributed by atoms with Crippen molar-refractivity contribution in [3.05, 3.63) is 0 Å². The Labute approximate surface area is 181 Å². The van der Waals surface area contributed by atoms with Gasteiger partial charge in [0.05, 0.1) is 12.2 Å². The number of piperidine rings is 1. The summed E-state index contributed by atoms with van der Waals surface area (Å²) in [5, 5.41) is 3.40. The van der Waals surface area contributed by atoms with Crippen LogP contribution in [0.1, 0.15) is 46.5 Å². The minimum absolute atomic E-state index is 0. The van der Waals surface area contributed by atoms with E-state index in [1.165, 1.54) is 0 Å². The second-order valence-corrected chi connectivity index (χ2v) is 7.73. The van der Waals surface area contributed by atoms with Crippen LogP contribution in [0.15, 0.2) is 4.99 Å². The number of hydrogen-bond donors (Lipinski definition) is 2. The molecule has 27 heavy (non-hydrogen) atoms. The molecule has 1 amide bonds. The van der Waals surface area contributed by atoms with E-state index in [2.05, 4.69) is 35.9 Å². The highest BCUT2D eigenvalue weighted by molar-refractivity contribution is 14.0. The lowest BCUT2D eigenvalue weighted by atomic mass is 9.95. The number of carbonyl (C=O) groups excluding carboxylic acids is 1. The largest absolute Gasteiger partial charge is 0.373 e. The number of carbonyl (C=O) groups is 1. The van der Waals surface area contributed by atoms with Crippen LogP contribution in [0.25, 0.3) is 0 Å². The summed E-state index contributed by atoms with van der Waals surface area (Å²) < 4.78 is 5.79. The molecular formula is C19H38IN5O2. The lowest BCUT2D eigenvalue weighted by Crippen LogP contribution is -2.47. The average molecular weight is 495 g/mol.